The van der Waals surface area contributed by atoms with Crippen molar-refractivity contribution in [3.8, 4) is 0 Å². The molecule has 3 heteroatoms. The van der Waals surface area contributed by atoms with E-state index in [-0.39, 0.29) is 0 Å². The number of hydrogen-bond acceptors (Lipinski definition) is 2. The van der Waals surface area contributed by atoms with Crippen LogP contribution in [0.4, 0.5) is 0 Å². The quantitative estimate of drug-likeness (QED) is 0.821. The molecule has 2 fully saturated rings. The van der Waals surface area contributed by atoms with Crippen LogP contribution in [0.1, 0.15) is 37.7 Å². The molecule has 1 aromatic rings. The van der Waals surface area contributed by atoms with Crippen molar-refractivity contribution < 1.29 is 4.79 Å². The number of fused-ring (bicyclic) bond motifs is 1. The van der Waals surface area contributed by atoms with Gasteiger partial charge in [0.15, 0.2) is 0 Å². The van der Waals surface area contributed by atoms with Crippen LogP contribution in [0.3, 0.4) is 0 Å². The van der Waals surface area contributed by atoms with E-state index in [1.54, 1.807) is 0 Å². The molecule has 1 aromatic carbocycles. The second kappa shape index (κ2) is 5.58. The van der Waals surface area contributed by atoms with E-state index in [1.807, 2.05) is 24.3 Å². The summed E-state index contributed by atoms with van der Waals surface area (Å²) in [5.74, 6) is 1.08. The lowest BCUT2D eigenvalue weighted by Crippen LogP contribution is -2.40. The molecule has 1 aliphatic carbocycles. The molecule has 2 atom stereocenters. The molecule has 1 heterocycles. The molecular weight excluding hydrogens is 254 g/mol. The molecule has 2 unspecified atom stereocenters. The van der Waals surface area contributed by atoms with Gasteiger partial charge in [-0.15, -0.1) is 12.6 Å². The number of carbonyl (C=O) groups is 1. The van der Waals surface area contributed by atoms with E-state index in [2.05, 4.69) is 17.5 Å². The summed E-state index contributed by atoms with van der Waals surface area (Å²) in [5, 5.41) is 0. The topological polar surface area (TPSA) is 20.3 Å². The van der Waals surface area contributed by atoms with Gasteiger partial charge >= 0.3 is 0 Å². The zero-order chi connectivity index (χ0) is 13.2. The Balaban J connectivity index is 1.65. The van der Waals surface area contributed by atoms with Gasteiger partial charge in [0.25, 0.3) is 0 Å². The van der Waals surface area contributed by atoms with Crippen molar-refractivity contribution in [1.29, 1.82) is 0 Å². The number of rotatable bonds is 2. The van der Waals surface area contributed by atoms with Crippen LogP contribution in [0.5, 0.6) is 0 Å². The highest BCUT2D eigenvalue weighted by molar-refractivity contribution is 7.80. The third-order valence-electron chi connectivity index (χ3n) is 4.62. The maximum Gasteiger partial charge on any atom is 0.227 e. The monoisotopic (exact) mass is 275 g/mol. The molecule has 0 radical (unpaired) electrons. The van der Waals surface area contributed by atoms with Crippen molar-refractivity contribution in [2.75, 3.05) is 6.54 Å². The zero-order valence-corrected chi connectivity index (χ0v) is 12.1. The van der Waals surface area contributed by atoms with Gasteiger partial charge in [-0.2, -0.15) is 0 Å². The van der Waals surface area contributed by atoms with Crippen molar-refractivity contribution in [3.63, 3.8) is 0 Å². The van der Waals surface area contributed by atoms with E-state index in [4.69, 9.17) is 0 Å². The highest BCUT2D eigenvalue weighted by Crippen LogP contribution is 2.36. The summed E-state index contributed by atoms with van der Waals surface area (Å²) in [6.45, 7) is 0.971. The molecule has 102 valence electrons. The molecule has 0 aromatic heterocycles. The van der Waals surface area contributed by atoms with Gasteiger partial charge in [-0.1, -0.05) is 25.0 Å². The Morgan fingerprint density at radius 1 is 1.16 bits per heavy atom. The highest BCUT2D eigenvalue weighted by atomic mass is 32.1. The van der Waals surface area contributed by atoms with E-state index in [1.165, 1.54) is 32.1 Å². The Morgan fingerprint density at radius 2 is 1.89 bits per heavy atom. The fourth-order valence-corrected chi connectivity index (χ4v) is 3.75. The molecule has 2 aliphatic rings. The molecule has 19 heavy (non-hydrogen) atoms. The predicted octanol–water partition coefficient (Wildman–Crippen LogP) is 3.31. The molecule has 0 N–H and O–H groups in total. The van der Waals surface area contributed by atoms with Crippen LogP contribution in [-0.2, 0) is 11.2 Å². The summed E-state index contributed by atoms with van der Waals surface area (Å²) in [6, 6.07) is 8.46. The molecule has 1 aliphatic heterocycles. The van der Waals surface area contributed by atoms with E-state index in [0.29, 0.717) is 18.4 Å². The van der Waals surface area contributed by atoms with Gasteiger partial charge in [0.2, 0.25) is 5.91 Å². The summed E-state index contributed by atoms with van der Waals surface area (Å²) in [5.41, 5.74) is 1.10. The van der Waals surface area contributed by atoms with Crippen LogP contribution in [-0.4, -0.2) is 23.4 Å². The minimum atomic E-state index is 0.307. The van der Waals surface area contributed by atoms with Gasteiger partial charge in [-0.05, 0) is 42.9 Å². The average molecular weight is 275 g/mol. The lowest BCUT2D eigenvalue weighted by atomic mass is 9.85. The standard InChI is InChI=1S/C16H21NOS/c18-16(11-12-5-7-14(19)8-6-12)17-10-9-13-3-1-2-4-15(13)17/h5-8,13,15,19H,1-4,9-11H2. The van der Waals surface area contributed by atoms with Crippen LogP contribution in [0.15, 0.2) is 29.2 Å². The molecule has 0 bridgehead atoms. The third kappa shape index (κ3) is 2.81. The summed E-state index contributed by atoms with van der Waals surface area (Å²) >= 11 is 4.28. The second-order valence-corrected chi connectivity index (χ2v) is 6.35. The largest absolute Gasteiger partial charge is 0.339 e. The number of thiol groups is 1. The minimum absolute atomic E-state index is 0.307. The van der Waals surface area contributed by atoms with E-state index in [9.17, 15) is 4.79 Å². The van der Waals surface area contributed by atoms with E-state index in [0.717, 1.165) is 22.9 Å². The maximum atomic E-state index is 12.5. The SMILES string of the molecule is O=C(Cc1ccc(S)cc1)N1CCC2CCCCC21. The minimum Gasteiger partial charge on any atom is -0.339 e. The summed E-state index contributed by atoms with van der Waals surface area (Å²) < 4.78 is 0. The Morgan fingerprint density at radius 3 is 2.68 bits per heavy atom. The normalized spacial score (nSPS) is 26.3. The van der Waals surface area contributed by atoms with Crippen LogP contribution in [0.2, 0.25) is 0 Å². The first kappa shape index (κ1) is 13.0. The number of likely N-dealkylation sites (tertiary alicyclic amines) is 1. The molecule has 1 amide bonds. The lowest BCUT2D eigenvalue weighted by molar-refractivity contribution is -0.132. The average Bonchev–Trinajstić information content (AvgIpc) is 2.85. The first-order valence-corrected chi connectivity index (χ1v) is 7.76. The van der Waals surface area contributed by atoms with Crippen LogP contribution >= 0.6 is 12.6 Å². The smallest absolute Gasteiger partial charge is 0.227 e. The summed E-state index contributed by atoms with van der Waals surface area (Å²) in [6.07, 6.45) is 6.93. The molecule has 1 saturated carbocycles. The van der Waals surface area contributed by atoms with Crippen molar-refractivity contribution in [2.24, 2.45) is 5.92 Å². The van der Waals surface area contributed by atoms with Crippen LogP contribution in [0.25, 0.3) is 0 Å². The van der Waals surface area contributed by atoms with Crippen molar-refractivity contribution >= 4 is 18.5 Å². The van der Waals surface area contributed by atoms with Gasteiger partial charge < -0.3 is 4.90 Å². The van der Waals surface area contributed by atoms with Gasteiger partial charge in [0.1, 0.15) is 0 Å². The Labute approximate surface area is 120 Å². The first-order chi connectivity index (χ1) is 9.24. The number of benzene rings is 1. The van der Waals surface area contributed by atoms with Crippen LogP contribution < -0.4 is 0 Å². The zero-order valence-electron chi connectivity index (χ0n) is 11.2. The van der Waals surface area contributed by atoms with Gasteiger partial charge in [0, 0.05) is 17.5 Å². The van der Waals surface area contributed by atoms with E-state index < -0.39 is 0 Å². The van der Waals surface area contributed by atoms with Crippen molar-refractivity contribution in [3.05, 3.63) is 29.8 Å². The molecular formula is C16H21NOS. The first-order valence-electron chi connectivity index (χ1n) is 7.31. The lowest BCUT2D eigenvalue weighted by Gasteiger charge is -2.31. The second-order valence-electron chi connectivity index (χ2n) is 5.83. The summed E-state index contributed by atoms with van der Waals surface area (Å²) in [7, 11) is 0. The third-order valence-corrected chi connectivity index (χ3v) is 4.92. The number of amides is 1. The number of nitrogens with zero attached hydrogens (tertiary/aromatic N) is 1. The highest BCUT2D eigenvalue weighted by Gasteiger charge is 2.37. The van der Waals surface area contributed by atoms with E-state index >= 15 is 0 Å². The number of hydrogen-bond donors (Lipinski definition) is 1. The Kier molecular flexibility index (Phi) is 3.83. The van der Waals surface area contributed by atoms with Gasteiger partial charge in [-0.25, -0.2) is 0 Å². The number of carbonyl (C=O) groups excluding carboxylic acids is 1. The van der Waals surface area contributed by atoms with Gasteiger partial charge in [-0.3, -0.25) is 4.79 Å². The fourth-order valence-electron chi connectivity index (χ4n) is 3.61. The fraction of sp³-hybridized carbons (Fsp3) is 0.562. The van der Waals surface area contributed by atoms with Gasteiger partial charge in [0.05, 0.1) is 6.42 Å². The maximum absolute atomic E-state index is 12.5. The van der Waals surface area contributed by atoms with Crippen molar-refractivity contribution in [1.82, 2.24) is 4.90 Å². The molecule has 0 spiro atoms. The molecule has 1 saturated heterocycles. The molecule has 3 rings (SSSR count). The van der Waals surface area contributed by atoms with Crippen molar-refractivity contribution in [2.45, 2.75) is 49.5 Å². The Hall–Kier alpha value is -0.960. The predicted molar refractivity (Wildman–Crippen MR) is 79.5 cm³/mol. The summed E-state index contributed by atoms with van der Waals surface area (Å²) in [4.78, 5) is 15.6. The Bertz CT molecular complexity index is 456. The molecule has 2 nitrogen and oxygen atoms in total. The van der Waals surface area contributed by atoms with Crippen LogP contribution in [0, 0.1) is 5.92 Å².